The predicted molar refractivity (Wildman–Crippen MR) is 113 cm³/mol. The van der Waals surface area contributed by atoms with Gasteiger partial charge in [0.1, 0.15) is 23.7 Å². The molecule has 0 spiro atoms. The third-order valence-electron chi connectivity index (χ3n) is 4.48. The molecule has 4 aromatic rings. The molecule has 0 atom stereocenters. The second kappa shape index (κ2) is 8.43. The van der Waals surface area contributed by atoms with Crippen LogP contribution in [0.5, 0.6) is 5.75 Å². The topological polar surface area (TPSA) is 74.9 Å². The van der Waals surface area contributed by atoms with Crippen LogP contribution in [0.15, 0.2) is 67.1 Å². The molecule has 0 bridgehead atoms. The number of H-pyrrole nitrogens is 1. The number of anilines is 3. The number of aromatic amines is 1. The maximum absolute atomic E-state index is 5.47. The van der Waals surface area contributed by atoms with Crippen molar-refractivity contribution in [1.29, 1.82) is 0 Å². The molecule has 0 radical (unpaired) electrons. The monoisotopic (exact) mass is 373 g/mol. The van der Waals surface area contributed by atoms with E-state index in [1.165, 1.54) is 16.5 Å². The van der Waals surface area contributed by atoms with Crippen LogP contribution in [-0.4, -0.2) is 28.1 Å². The van der Waals surface area contributed by atoms with E-state index in [9.17, 15) is 0 Å². The van der Waals surface area contributed by atoms with E-state index >= 15 is 0 Å². The van der Waals surface area contributed by atoms with Gasteiger partial charge in [0.2, 0.25) is 0 Å². The molecule has 0 aliphatic rings. The standard InChI is InChI=1S/C22H23N5O/c1-2-28-18-9-7-17(8-10-18)27-22-13-21(25-15-26-22)23-12-11-16-14-24-20-6-4-3-5-19(16)20/h3-10,13-15,24H,2,11-12H2,1H3,(H2,23,25,26,27). The van der Waals surface area contributed by atoms with E-state index in [1.807, 2.05) is 43.3 Å². The van der Waals surface area contributed by atoms with Crippen molar-refractivity contribution in [3.05, 3.63) is 72.7 Å². The maximum atomic E-state index is 5.47. The fraction of sp³-hybridized carbons (Fsp3) is 0.182. The van der Waals surface area contributed by atoms with Crippen LogP contribution in [0.25, 0.3) is 10.9 Å². The van der Waals surface area contributed by atoms with Crippen molar-refractivity contribution in [3.8, 4) is 5.75 Å². The van der Waals surface area contributed by atoms with Crippen molar-refractivity contribution in [2.75, 3.05) is 23.8 Å². The number of rotatable bonds is 8. The van der Waals surface area contributed by atoms with Gasteiger partial charge in [0, 0.05) is 35.4 Å². The van der Waals surface area contributed by atoms with Crippen LogP contribution in [0, 0.1) is 0 Å². The normalized spacial score (nSPS) is 10.8. The first kappa shape index (κ1) is 17.9. The number of hydrogen-bond acceptors (Lipinski definition) is 5. The molecule has 2 aromatic carbocycles. The third-order valence-corrected chi connectivity index (χ3v) is 4.48. The van der Waals surface area contributed by atoms with Crippen LogP contribution in [0.1, 0.15) is 12.5 Å². The van der Waals surface area contributed by atoms with Gasteiger partial charge < -0.3 is 20.4 Å². The van der Waals surface area contributed by atoms with Crippen molar-refractivity contribution < 1.29 is 4.74 Å². The highest BCUT2D eigenvalue weighted by atomic mass is 16.5. The van der Waals surface area contributed by atoms with Crippen LogP contribution in [-0.2, 0) is 6.42 Å². The molecule has 2 heterocycles. The summed E-state index contributed by atoms with van der Waals surface area (Å²) in [5.41, 5.74) is 3.41. The van der Waals surface area contributed by atoms with E-state index < -0.39 is 0 Å². The first-order valence-corrected chi connectivity index (χ1v) is 9.42. The van der Waals surface area contributed by atoms with Gasteiger partial charge in [-0.05, 0) is 49.2 Å². The van der Waals surface area contributed by atoms with E-state index in [4.69, 9.17) is 4.74 Å². The van der Waals surface area contributed by atoms with Crippen LogP contribution in [0.3, 0.4) is 0 Å². The zero-order chi connectivity index (χ0) is 19.2. The van der Waals surface area contributed by atoms with E-state index in [1.54, 1.807) is 6.33 Å². The molecular weight excluding hydrogens is 350 g/mol. The lowest BCUT2D eigenvalue weighted by Crippen LogP contribution is -2.07. The molecule has 4 rings (SSSR count). The first-order valence-electron chi connectivity index (χ1n) is 9.42. The minimum absolute atomic E-state index is 0.659. The number of hydrogen-bond donors (Lipinski definition) is 3. The molecule has 0 saturated carbocycles. The van der Waals surface area contributed by atoms with Crippen molar-refractivity contribution >= 4 is 28.2 Å². The van der Waals surface area contributed by atoms with Gasteiger partial charge in [-0.25, -0.2) is 9.97 Å². The summed E-state index contributed by atoms with van der Waals surface area (Å²) in [6, 6.07) is 18.1. The lowest BCUT2D eigenvalue weighted by Gasteiger charge is -2.09. The van der Waals surface area contributed by atoms with Gasteiger partial charge in [-0.2, -0.15) is 0 Å². The van der Waals surface area contributed by atoms with E-state index in [-0.39, 0.29) is 0 Å². The van der Waals surface area contributed by atoms with E-state index in [0.29, 0.717) is 6.61 Å². The molecule has 28 heavy (non-hydrogen) atoms. The molecule has 0 aliphatic heterocycles. The second-order valence-electron chi connectivity index (χ2n) is 6.41. The number of fused-ring (bicyclic) bond motifs is 1. The van der Waals surface area contributed by atoms with E-state index in [2.05, 4.69) is 50.0 Å². The van der Waals surface area contributed by atoms with Crippen LogP contribution in [0.4, 0.5) is 17.3 Å². The summed E-state index contributed by atoms with van der Waals surface area (Å²) in [7, 11) is 0. The maximum Gasteiger partial charge on any atom is 0.135 e. The number of benzene rings is 2. The molecule has 2 aromatic heterocycles. The molecule has 142 valence electrons. The summed E-state index contributed by atoms with van der Waals surface area (Å²) in [6.07, 6.45) is 4.55. The summed E-state index contributed by atoms with van der Waals surface area (Å²) < 4.78 is 5.47. The molecule has 6 heteroatoms. The quantitative estimate of drug-likeness (QED) is 0.415. The summed E-state index contributed by atoms with van der Waals surface area (Å²) in [6.45, 7) is 3.42. The Kier molecular flexibility index (Phi) is 5.38. The summed E-state index contributed by atoms with van der Waals surface area (Å²) in [5.74, 6) is 2.40. The summed E-state index contributed by atoms with van der Waals surface area (Å²) in [4.78, 5) is 11.9. The Bertz CT molecular complexity index is 1040. The Hall–Kier alpha value is -3.54. The average Bonchev–Trinajstić information content (AvgIpc) is 3.13. The van der Waals surface area contributed by atoms with Crippen LogP contribution in [0.2, 0.25) is 0 Å². The molecule has 0 fully saturated rings. The molecule has 6 nitrogen and oxygen atoms in total. The minimum Gasteiger partial charge on any atom is -0.494 e. The van der Waals surface area contributed by atoms with Gasteiger partial charge in [-0.15, -0.1) is 0 Å². The Morgan fingerprint density at radius 3 is 2.68 bits per heavy atom. The molecular formula is C22H23N5O. The summed E-state index contributed by atoms with van der Waals surface area (Å²) in [5, 5.41) is 7.93. The van der Waals surface area contributed by atoms with E-state index in [0.717, 1.165) is 36.0 Å². The van der Waals surface area contributed by atoms with Crippen LogP contribution < -0.4 is 15.4 Å². The van der Waals surface area contributed by atoms with Gasteiger partial charge in [0.15, 0.2) is 0 Å². The Labute approximate surface area is 164 Å². The SMILES string of the molecule is CCOc1ccc(Nc2cc(NCCc3c[nH]c4ccccc34)ncn2)cc1. The van der Waals surface area contributed by atoms with Crippen LogP contribution >= 0.6 is 0 Å². The lowest BCUT2D eigenvalue weighted by atomic mass is 10.1. The summed E-state index contributed by atoms with van der Waals surface area (Å²) >= 11 is 0. The fourth-order valence-corrected chi connectivity index (χ4v) is 3.14. The minimum atomic E-state index is 0.659. The second-order valence-corrected chi connectivity index (χ2v) is 6.41. The highest BCUT2D eigenvalue weighted by Crippen LogP contribution is 2.21. The van der Waals surface area contributed by atoms with Gasteiger partial charge in [-0.3, -0.25) is 0 Å². The molecule has 0 amide bonds. The Balaban J connectivity index is 1.35. The Morgan fingerprint density at radius 1 is 1.00 bits per heavy atom. The number of para-hydroxylation sites is 1. The highest BCUT2D eigenvalue weighted by molar-refractivity contribution is 5.83. The smallest absolute Gasteiger partial charge is 0.135 e. The number of aromatic nitrogens is 3. The average molecular weight is 373 g/mol. The van der Waals surface area contributed by atoms with Gasteiger partial charge >= 0.3 is 0 Å². The zero-order valence-electron chi connectivity index (χ0n) is 15.8. The molecule has 3 N–H and O–H groups in total. The third kappa shape index (κ3) is 4.23. The number of ether oxygens (including phenoxy) is 1. The van der Waals surface area contributed by atoms with Crippen molar-refractivity contribution in [1.82, 2.24) is 15.0 Å². The molecule has 0 saturated heterocycles. The highest BCUT2D eigenvalue weighted by Gasteiger charge is 2.04. The largest absolute Gasteiger partial charge is 0.494 e. The first-order chi connectivity index (χ1) is 13.8. The van der Waals surface area contributed by atoms with Crippen molar-refractivity contribution in [2.45, 2.75) is 13.3 Å². The van der Waals surface area contributed by atoms with Crippen molar-refractivity contribution in [3.63, 3.8) is 0 Å². The number of nitrogens with one attached hydrogen (secondary N) is 3. The van der Waals surface area contributed by atoms with Gasteiger partial charge in [0.25, 0.3) is 0 Å². The predicted octanol–water partition coefficient (Wildman–Crippen LogP) is 4.75. The molecule has 0 unspecified atom stereocenters. The molecule has 0 aliphatic carbocycles. The fourth-order valence-electron chi connectivity index (χ4n) is 3.14. The number of nitrogens with zero attached hydrogens (tertiary/aromatic N) is 2. The Morgan fingerprint density at radius 2 is 1.82 bits per heavy atom. The van der Waals surface area contributed by atoms with Crippen molar-refractivity contribution in [2.24, 2.45) is 0 Å². The van der Waals surface area contributed by atoms with Gasteiger partial charge in [-0.1, -0.05) is 18.2 Å². The van der Waals surface area contributed by atoms with Gasteiger partial charge in [0.05, 0.1) is 6.61 Å². The lowest BCUT2D eigenvalue weighted by molar-refractivity contribution is 0.340. The zero-order valence-corrected chi connectivity index (χ0v) is 15.8.